The number of aromatic amines is 1. The molecule has 6 nitrogen and oxygen atoms in total. The molecule has 0 saturated carbocycles. The van der Waals surface area contributed by atoms with Crippen LogP contribution in [0.1, 0.15) is 0 Å². The molecule has 1 aromatic heterocycles. The highest BCUT2D eigenvalue weighted by atomic mass is 32.2. The first-order valence-corrected chi connectivity index (χ1v) is 7.03. The number of rotatable bonds is 3. The number of sulfonamides is 1. The number of nitrogens with two attached hydrogens (primary N) is 1. The summed E-state index contributed by atoms with van der Waals surface area (Å²) in [5, 5.41) is 0. The van der Waals surface area contributed by atoms with Crippen LogP contribution in [-0.4, -0.2) is 61.9 Å². The van der Waals surface area contributed by atoms with Crippen molar-refractivity contribution in [3.05, 3.63) is 18.5 Å². The van der Waals surface area contributed by atoms with Crippen LogP contribution >= 0.6 is 0 Å². The van der Waals surface area contributed by atoms with Gasteiger partial charge in [-0.25, -0.2) is 8.42 Å². The smallest absolute Gasteiger partial charge is 0.244 e. The van der Waals surface area contributed by atoms with E-state index in [1.54, 1.807) is 12.3 Å². The quantitative estimate of drug-likeness (QED) is 0.749. The van der Waals surface area contributed by atoms with Gasteiger partial charge in [0.15, 0.2) is 0 Å². The minimum Gasteiger partial charge on any atom is -0.366 e. The fraction of sp³-hybridized carbons (Fsp3) is 0.600. The zero-order valence-corrected chi connectivity index (χ0v) is 10.7. The predicted molar refractivity (Wildman–Crippen MR) is 65.0 cm³/mol. The summed E-state index contributed by atoms with van der Waals surface area (Å²) in [5.74, 6) is 0. The van der Waals surface area contributed by atoms with Gasteiger partial charge in [0.1, 0.15) is 0 Å². The molecule has 0 aliphatic carbocycles. The highest BCUT2D eigenvalue weighted by Gasteiger charge is 2.34. The fourth-order valence-corrected chi connectivity index (χ4v) is 3.70. The Morgan fingerprint density at radius 2 is 2.29 bits per heavy atom. The van der Waals surface area contributed by atoms with E-state index < -0.39 is 10.0 Å². The van der Waals surface area contributed by atoms with Crippen LogP contribution in [0.25, 0.3) is 0 Å². The first-order valence-electron chi connectivity index (χ1n) is 5.59. The van der Waals surface area contributed by atoms with E-state index in [4.69, 9.17) is 5.73 Å². The summed E-state index contributed by atoms with van der Waals surface area (Å²) in [6, 6.07) is 1.43. The molecule has 3 N–H and O–H groups in total. The molecule has 17 heavy (non-hydrogen) atoms. The van der Waals surface area contributed by atoms with Gasteiger partial charge in [-0.1, -0.05) is 0 Å². The van der Waals surface area contributed by atoms with Crippen molar-refractivity contribution in [1.82, 2.24) is 14.2 Å². The van der Waals surface area contributed by atoms with Crippen LogP contribution in [0.15, 0.2) is 23.4 Å². The van der Waals surface area contributed by atoms with E-state index in [1.807, 2.05) is 7.05 Å². The van der Waals surface area contributed by atoms with Gasteiger partial charge in [-0.05, 0) is 13.1 Å². The Morgan fingerprint density at radius 3 is 2.88 bits per heavy atom. The van der Waals surface area contributed by atoms with Gasteiger partial charge in [0.05, 0.1) is 10.9 Å². The molecule has 2 rings (SSSR count). The van der Waals surface area contributed by atoms with Crippen LogP contribution in [0, 0.1) is 0 Å². The molecule has 0 amide bonds. The second-order valence-electron chi connectivity index (χ2n) is 4.31. The molecule has 1 aliphatic rings. The second-order valence-corrected chi connectivity index (χ2v) is 6.20. The van der Waals surface area contributed by atoms with Crippen molar-refractivity contribution >= 4 is 10.0 Å². The summed E-state index contributed by atoms with van der Waals surface area (Å²) in [4.78, 5) is 5.17. The van der Waals surface area contributed by atoms with E-state index in [1.165, 1.54) is 10.5 Å². The standard InChI is InChI=1S/C10H18N4O2S/c1-13-4-5-14(9(6-11)8-13)17(15,16)10-2-3-12-7-10/h2-3,7,9,12H,4-6,8,11H2,1H3. The summed E-state index contributed by atoms with van der Waals surface area (Å²) < 4.78 is 26.2. The summed E-state index contributed by atoms with van der Waals surface area (Å²) >= 11 is 0. The van der Waals surface area contributed by atoms with Crippen molar-refractivity contribution in [2.24, 2.45) is 5.73 Å². The Bertz CT molecular complexity index is 457. The molecule has 0 spiro atoms. The Balaban J connectivity index is 2.27. The Kier molecular flexibility index (Phi) is 3.53. The lowest BCUT2D eigenvalue weighted by atomic mass is 10.2. The van der Waals surface area contributed by atoms with Crippen molar-refractivity contribution in [3.8, 4) is 0 Å². The van der Waals surface area contributed by atoms with E-state index in [9.17, 15) is 8.42 Å². The molecule has 1 aliphatic heterocycles. The molecular formula is C10H18N4O2S. The second kappa shape index (κ2) is 4.77. The van der Waals surface area contributed by atoms with Gasteiger partial charge in [-0.3, -0.25) is 0 Å². The van der Waals surface area contributed by atoms with Gasteiger partial charge in [0, 0.05) is 38.6 Å². The molecule has 7 heteroatoms. The van der Waals surface area contributed by atoms with Gasteiger partial charge in [-0.2, -0.15) is 4.31 Å². The first-order chi connectivity index (χ1) is 8.05. The van der Waals surface area contributed by atoms with Gasteiger partial charge in [0.25, 0.3) is 0 Å². The van der Waals surface area contributed by atoms with Crippen molar-refractivity contribution < 1.29 is 8.42 Å². The van der Waals surface area contributed by atoms with E-state index in [-0.39, 0.29) is 6.04 Å². The number of aromatic nitrogens is 1. The van der Waals surface area contributed by atoms with E-state index in [2.05, 4.69) is 9.88 Å². The van der Waals surface area contributed by atoms with Crippen molar-refractivity contribution in [3.63, 3.8) is 0 Å². The maximum atomic E-state index is 12.4. The maximum absolute atomic E-state index is 12.4. The van der Waals surface area contributed by atoms with Crippen LogP contribution < -0.4 is 5.73 Å². The first kappa shape index (κ1) is 12.6. The third-order valence-corrected chi connectivity index (χ3v) is 5.03. The molecule has 0 bridgehead atoms. The summed E-state index contributed by atoms with van der Waals surface area (Å²) in [5.41, 5.74) is 5.67. The number of hydrogen-bond donors (Lipinski definition) is 2. The molecule has 0 aromatic carbocycles. The summed E-state index contributed by atoms with van der Waals surface area (Å²) in [6.07, 6.45) is 3.11. The molecule has 1 aromatic rings. The third kappa shape index (κ3) is 2.37. The minimum absolute atomic E-state index is 0.145. The van der Waals surface area contributed by atoms with Crippen LogP contribution in [-0.2, 0) is 10.0 Å². The lowest BCUT2D eigenvalue weighted by Gasteiger charge is -2.38. The third-order valence-electron chi connectivity index (χ3n) is 3.08. The Hall–Kier alpha value is -0.890. The molecular weight excluding hydrogens is 240 g/mol. The van der Waals surface area contributed by atoms with Crippen LogP contribution in [0.4, 0.5) is 0 Å². The number of H-pyrrole nitrogens is 1. The zero-order chi connectivity index (χ0) is 12.5. The number of nitrogens with zero attached hydrogens (tertiary/aromatic N) is 2. The number of piperazine rings is 1. The molecule has 1 unspecified atom stereocenters. The van der Waals surface area contributed by atoms with Crippen LogP contribution in [0.2, 0.25) is 0 Å². The number of likely N-dealkylation sites (N-methyl/N-ethyl adjacent to an activating group) is 1. The maximum Gasteiger partial charge on any atom is 0.244 e. The molecule has 0 radical (unpaired) electrons. The van der Waals surface area contributed by atoms with E-state index >= 15 is 0 Å². The average molecular weight is 258 g/mol. The molecule has 1 fully saturated rings. The molecule has 1 saturated heterocycles. The highest BCUT2D eigenvalue weighted by molar-refractivity contribution is 7.89. The van der Waals surface area contributed by atoms with Crippen LogP contribution in [0.5, 0.6) is 0 Å². The van der Waals surface area contributed by atoms with Gasteiger partial charge in [-0.15, -0.1) is 0 Å². The SMILES string of the molecule is CN1CCN(S(=O)(=O)c2cc[nH]c2)C(CN)C1. The molecule has 1 atom stereocenters. The average Bonchev–Trinajstić information content (AvgIpc) is 2.82. The minimum atomic E-state index is -3.41. The van der Waals surface area contributed by atoms with E-state index in [0.717, 1.165) is 6.54 Å². The highest BCUT2D eigenvalue weighted by Crippen LogP contribution is 2.20. The van der Waals surface area contributed by atoms with Gasteiger partial charge >= 0.3 is 0 Å². The van der Waals surface area contributed by atoms with E-state index in [0.29, 0.717) is 24.5 Å². The Labute approximate surface area is 101 Å². The van der Waals surface area contributed by atoms with Crippen molar-refractivity contribution in [1.29, 1.82) is 0 Å². The normalized spacial score (nSPS) is 24.0. The molecule has 96 valence electrons. The summed E-state index contributed by atoms with van der Waals surface area (Å²) in [6.45, 7) is 2.25. The van der Waals surface area contributed by atoms with Crippen molar-refractivity contribution in [2.75, 3.05) is 33.2 Å². The number of hydrogen-bond acceptors (Lipinski definition) is 4. The Morgan fingerprint density at radius 1 is 1.53 bits per heavy atom. The van der Waals surface area contributed by atoms with Gasteiger partial charge in [0.2, 0.25) is 10.0 Å². The lowest BCUT2D eigenvalue weighted by molar-refractivity contribution is 0.164. The number of nitrogens with one attached hydrogen (secondary N) is 1. The van der Waals surface area contributed by atoms with Gasteiger partial charge < -0.3 is 15.6 Å². The lowest BCUT2D eigenvalue weighted by Crippen LogP contribution is -2.56. The van der Waals surface area contributed by atoms with Crippen molar-refractivity contribution in [2.45, 2.75) is 10.9 Å². The molecule has 2 heterocycles. The largest absolute Gasteiger partial charge is 0.366 e. The van der Waals surface area contributed by atoms with Crippen LogP contribution in [0.3, 0.4) is 0 Å². The topological polar surface area (TPSA) is 82.4 Å². The predicted octanol–water partition coefficient (Wildman–Crippen LogP) is -0.722. The zero-order valence-electron chi connectivity index (χ0n) is 9.83. The fourth-order valence-electron chi connectivity index (χ4n) is 2.11. The monoisotopic (exact) mass is 258 g/mol. The summed E-state index contributed by atoms with van der Waals surface area (Å²) in [7, 11) is -1.43.